The van der Waals surface area contributed by atoms with Crippen LogP contribution in [0.15, 0.2) is 97.1 Å². The van der Waals surface area contributed by atoms with Gasteiger partial charge in [0.1, 0.15) is 0 Å². The maximum atomic E-state index is 5.00. The van der Waals surface area contributed by atoms with Crippen LogP contribution in [0.1, 0.15) is 0 Å². The van der Waals surface area contributed by atoms with Crippen molar-refractivity contribution >= 4 is 89.6 Å². The smallest absolute Gasteiger partial charge is 0.00937 e. The minimum atomic E-state index is 0. The average Bonchev–Trinajstić information content (AvgIpc) is 3.73. The van der Waals surface area contributed by atoms with Gasteiger partial charge in [0.15, 0.2) is 0 Å². The van der Waals surface area contributed by atoms with Crippen molar-refractivity contribution in [3.63, 3.8) is 0 Å². The van der Waals surface area contributed by atoms with Crippen LogP contribution in [0.3, 0.4) is 0 Å². The monoisotopic (exact) mass is 579 g/mol. The molecule has 0 saturated carbocycles. The Morgan fingerprint density at radius 2 is 0.415 bits per heavy atom. The van der Waals surface area contributed by atoms with Gasteiger partial charge in [0.2, 0.25) is 0 Å². The zero-order valence-electron chi connectivity index (χ0n) is 21.3. The summed E-state index contributed by atoms with van der Waals surface area (Å²) in [4.78, 5) is 20.0. The third-order valence-electron chi connectivity index (χ3n) is 7.59. The third kappa shape index (κ3) is 3.53. The van der Waals surface area contributed by atoms with E-state index in [9.17, 15) is 0 Å². The molecule has 41 heavy (non-hydrogen) atoms. The van der Waals surface area contributed by atoms with E-state index in [1.165, 1.54) is 0 Å². The summed E-state index contributed by atoms with van der Waals surface area (Å²) >= 11 is 0. The van der Waals surface area contributed by atoms with Gasteiger partial charge in [0.25, 0.3) is 0 Å². The fourth-order valence-electron chi connectivity index (χ4n) is 5.72. The Balaban J connectivity index is 0.00000256. The standard InChI is InChI=1S/C32H20N8.Cu/c1-2-10-18-17(9-1)25-33-26(18)38-28-21-13-5-6-14-22(21)30(35-28)40-32-24-16-8-7-15-23(24)31(36-32)39-29-20-12-4-3-11-19(20)27(34-29)37-25;/h1-16,37-40H;/q-4;. The molecule has 8 aromatic rings. The molecule has 0 amide bonds. The average molecular weight is 580 g/mol. The summed E-state index contributed by atoms with van der Waals surface area (Å²) in [6.45, 7) is 0. The molecular weight excluding hydrogens is 560 g/mol. The number of hydrogen-bond donors (Lipinski definition) is 4. The molecule has 1 aliphatic heterocycles. The first-order valence-corrected chi connectivity index (χ1v) is 13.1. The van der Waals surface area contributed by atoms with E-state index in [4.69, 9.17) is 19.9 Å². The van der Waals surface area contributed by atoms with Gasteiger partial charge in [-0.2, -0.15) is 0 Å². The Labute approximate surface area is 244 Å². The molecule has 4 aromatic heterocycles. The SMILES string of the molecule is [Cu].c1ccc2c3[n-]c(c2c1)Nc1[n-]c(c2ccccc12)Nc1[n-]c(c2ccccc12)Nc1[n-]c(c2ccccc12)N3. The first kappa shape index (κ1) is 23.6. The molecule has 0 fully saturated rings. The van der Waals surface area contributed by atoms with E-state index in [0.717, 1.165) is 89.6 Å². The number of anilines is 8. The van der Waals surface area contributed by atoms with Crippen molar-refractivity contribution in [1.82, 2.24) is 19.9 Å². The van der Waals surface area contributed by atoms with E-state index < -0.39 is 0 Å². The molecule has 1 radical (unpaired) electrons. The van der Waals surface area contributed by atoms with Crippen LogP contribution in [-0.2, 0) is 17.1 Å². The first-order valence-electron chi connectivity index (χ1n) is 13.1. The van der Waals surface area contributed by atoms with Gasteiger partial charge in [-0.15, -0.1) is 0 Å². The summed E-state index contributed by atoms with van der Waals surface area (Å²) in [6, 6.07) is 32.7. The summed E-state index contributed by atoms with van der Waals surface area (Å²) in [6.07, 6.45) is 0. The van der Waals surface area contributed by atoms with E-state index in [-0.39, 0.29) is 17.1 Å². The van der Waals surface area contributed by atoms with Gasteiger partial charge in [-0.3, -0.25) is 0 Å². The van der Waals surface area contributed by atoms with E-state index in [1.807, 2.05) is 48.5 Å². The fourth-order valence-corrected chi connectivity index (χ4v) is 5.72. The summed E-state index contributed by atoms with van der Waals surface area (Å²) in [5, 5.41) is 22.1. The fraction of sp³-hybridized carbons (Fsp3) is 0. The Morgan fingerprint density at radius 1 is 0.268 bits per heavy atom. The summed E-state index contributed by atoms with van der Waals surface area (Å²) < 4.78 is 0. The van der Waals surface area contributed by atoms with Crippen LogP contribution in [0.25, 0.3) is 43.1 Å². The van der Waals surface area contributed by atoms with Crippen LogP contribution in [0, 0.1) is 0 Å². The molecule has 203 valence electrons. The van der Waals surface area contributed by atoms with E-state index in [1.54, 1.807) is 0 Å². The number of benzene rings is 4. The molecule has 4 aromatic carbocycles. The molecule has 9 heteroatoms. The van der Waals surface area contributed by atoms with Gasteiger partial charge in [-0.25, -0.2) is 0 Å². The van der Waals surface area contributed by atoms with Crippen molar-refractivity contribution in [2.24, 2.45) is 0 Å². The predicted molar refractivity (Wildman–Crippen MR) is 162 cm³/mol. The van der Waals surface area contributed by atoms with Crippen LogP contribution in [0.5, 0.6) is 0 Å². The van der Waals surface area contributed by atoms with Gasteiger partial charge in [-0.05, 0) is 43.1 Å². The van der Waals surface area contributed by atoms with Gasteiger partial charge < -0.3 is 41.2 Å². The van der Waals surface area contributed by atoms with Gasteiger partial charge in [0, 0.05) is 63.6 Å². The van der Waals surface area contributed by atoms with Gasteiger partial charge in [0.05, 0.1) is 0 Å². The second-order valence-electron chi connectivity index (χ2n) is 9.92. The number of aromatic nitrogens is 4. The molecule has 8 bridgehead atoms. The maximum absolute atomic E-state index is 5.00. The topological polar surface area (TPSA) is 105 Å². The third-order valence-corrected chi connectivity index (χ3v) is 7.59. The molecule has 0 spiro atoms. The van der Waals surface area contributed by atoms with Crippen LogP contribution in [0.4, 0.5) is 46.5 Å². The maximum Gasteiger partial charge on any atom is 0.00937 e. The number of rotatable bonds is 0. The molecule has 8 nitrogen and oxygen atoms in total. The van der Waals surface area contributed by atoms with Gasteiger partial charge in [-0.1, -0.05) is 97.1 Å². The molecule has 9 rings (SSSR count). The van der Waals surface area contributed by atoms with Gasteiger partial charge >= 0.3 is 0 Å². The second kappa shape index (κ2) is 8.89. The number of nitrogens with zero attached hydrogens (tertiary/aromatic N) is 4. The molecular formula is C32H20CuN8-4. The number of nitrogens with one attached hydrogen (secondary N) is 4. The van der Waals surface area contributed by atoms with E-state index in [2.05, 4.69) is 69.8 Å². The number of fused-ring (bicyclic) bond motifs is 20. The van der Waals surface area contributed by atoms with Crippen LogP contribution in [-0.4, -0.2) is 0 Å². The summed E-state index contributed by atoms with van der Waals surface area (Å²) in [5.74, 6) is 5.84. The van der Waals surface area contributed by atoms with E-state index >= 15 is 0 Å². The Kier molecular flexibility index (Phi) is 5.12. The van der Waals surface area contributed by atoms with Crippen molar-refractivity contribution in [3.05, 3.63) is 97.1 Å². The molecule has 4 N–H and O–H groups in total. The second-order valence-corrected chi connectivity index (χ2v) is 9.92. The van der Waals surface area contributed by atoms with Crippen LogP contribution in [0.2, 0.25) is 0 Å². The van der Waals surface area contributed by atoms with E-state index in [0.29, 0.717) is 0 Å². The zero-order valence-corrected chi connectivity index (χ0v) is 22.3. The molecule has 5 heterocycles. The molecule has 0 unspecified atom stereocenters. The summed E-state index contributed by atoms with van der Waals surface area (Å²) in [5.41, 5.74) is 0. The van der Waals surface area contributed by atoms with Crippen LogP contribution < -0.4 is 41.2 Å². The first-order chi connectivity index (χ1) is 19.8. The minimum Gasteiger partial charge on any atom is -0.411 e. The quantitative estimate of drug-likeness (QED) is 0.138. The van der Waals surface area contributed by atoms with Crippen molar-refractivity contribution in [2.75, 3.05) is 21.3 Å². The van der Waals surface area contributed by atoms with Crippen molar-refractivity contribution in [1.29, 1.82) is 0 Å². The molecule has 1 aliphatic rings. The Hall–Kier alpha value is -5.24. The van der Waals surface area contributed by atoms with Crippen molar-refractivity contribution in [3.8, 4) is 0 Å². The van der Waals surface area contributed by atoms with Crippen molar-refractivity contribution < 1.29 is 17.1 Å². The Bertz CT molecular complexity index is 1780. The van der Waals surface area contributed by atoms with Crippen molar-refractivity contribution in [2.45, 2.75) is 0 Å². The molecule has 0 saturated heterocycles. The largest absolute Gasteiger partial charge is 0.411 e. The molecule has 0 atom stereocenters. The number of hydrogen-bond acceptors (Lipinski definition) is 4. The summed E-state index contributed by atoms with van der Waals surface area (Å²) in [7, 11) is 0. The minimum absolute atomic E-state index is 0. The zero-order chi connectivity index (χ0) is 26.2. The Morgan fingerprint density at radius 3 is 0.561 bits per heavy atom. The molecule has 0 aliphatic carbocycles. The van der Waals surface area contributed by atoms with Crippen LogP contribution >= 0.6 is 0 Å². The normalized spacial score (nSPS) is 12.5. The predicted octanol–water partition coefficient (Wildman–Crippen LogP) is 7.41.